The minimum atomic E-state index is -2.18. The number of aryl methyl sites for hydroxylation is 1. The number of fused-ring (bicyclic) bond motifs is 1. The fourth-order valence-corrected chi connectivity index (χ4v) is 4.27. The molecule has 0 unspecified atom stereocenters. The van der Waals surface area contributed by atoms with Crippen LogP contribution < -0.4 is 73.6 Å². The number of rotatable bonds is 6. The third kappa shape index (κ3) is 8.84. The van der Waals surface area contributed by atoms with Crippen molar-refractivity contribution < 1.29 is 96.7 Å². The second-order valence-electron chi connectivity index (χ2n) is 8.27. The van der Waals surface area contributed by atoms with Gasteiger partial charge in [-0.3, -0.25) is 4.90 Å². The number of aromatic carboxylic acids is 1. The summed E-state index contributed by atoms with van der Waals surface area (Å²) in [5.41, 5.74) is 3.21. The summed E-state index contributed by atoms with van der Waals surface area (Å²) in [6.45, 7) is 4.63. The number of nitrogens with zero attached hydrogens (tertiary/aromatic N) is 1. The molecule has 35 heavy (non-hydrogen) atoms. The predicted molar refractivity (Wildman–Crippen MR) is 128 cm³/mol. The number of methoxy groups -OCH3 is 1. The number of aromatic amines is 1. The molecule has 2 N–H and O–H groups in total. The number of alkyl halides is 2. The van der Waals surface area contributed by atoms with Crippen molar-refractivity contribution in [2.45, 2.75) is 39.2 Å². The molecule has 0 atom stereocenters. The van der Waals surface area contributed by atoms with E-state index in [1.807, 2.05) is 6.20 Å². The van der Waals surface area contributed by atoms with Gasteiger partial charge in [0.2, 0.25) is 6.43 Å². The third-order valence-corrected chi connectivity index (χ3v) is 6.04. The van der Waals surface area contributed by atoms with Crippen molar-refractivity contribution in [3.63, 3.8) is 0 Å². The van der Waals surface area contributed by atoms with E-state index >= 15 is 0 Å². The Bertz CT molecular complexity index is 1080. The van der Waals surface area contributed by atoms with E-state index in [9.17, 15) is 18.0 Å². The summed E-state index contributed by atoms with van der Waals surface area (Å²) in [6.07, 6.45) is 1.53. The Morgan fingerprint density at radius 1 is 1.23 bits per heavy atom. The maximum absolute atomic E-state index is 12.5. The number of benzene rings is 2. The average molecular weight is 610 g/mol. The van der Waals surface area contributed by atoms with Crippen molar-refractivity contribution in [3.8, 4) is 5.75 Å². The first kappa shape index (κ1) is 32.1. The molecule has 5 nitrogen and oxygen atoms in total. The Hall–Kier alpha value is -0.948. The maximum Gasteiger partial charge on any atom is 1.00 e. The van der Waals surface area contributed by atoms with Crippen LogP contribution >= 0.6 is 0 Å². The zero-order valence-corrected chi connectivity index (χ0v) is 27.1. The minimum Gasteiger partial charge on any atom is -0.496 e. The number of likely N-dealkylation sites (tertiary alicyclic amines) is 1. The van der Waals surface area contributed by atoms with Crippen LogP contribution in [0.2, 0.25) is 0 Å². The molecule has 0 spiro atoms. The van der Waals surface area contributed by atoms with Gasteiger partial charge in [0.05, 0.1) is 12.7 Å². The van der Waals surface area contributed by atoms with E-state index < -0.39 is 18.2 Å². The smallest absolute Gasteiger partial charge is 0.496 e. The van der Waals surface area contributed by atoms with E-state index in [2.05, 4.69) is 28.9 Å². The Kier molecular flexibility index (Phi) is 14.1. The number of aromatic nitrogens is 1. The molecule has 0 radical (unpaired) electrons. The van der Waals surface area contributed by atoms with Gasteiger partial charge in [0.15, 0.2) is 0 Å². The zero-order valence-electron chi connectivity index (χ0n) is 20.8. The quantitative estimate of drug-likeness (QED) is 0.421. The van der Waals surface area contributed by atoms with E-state index in [1.165, 1.54) is 34.7 Å². The van der Waals surface area contributed by atoms with Crippen LogP contribution in [0.15, 0.2) is 42.6 Å². The molecule has 0 saturated carbocycles. The summed E-state index contributed by atoms with van der Waals surface area (Å²) in [6, 6.07) is 9.41. The van der Waals surface area contributed by atoms with Gasteiger partial charge < -0.3 is 22.3 Å². The Morgan fingerprint density at radius 3 is 2.43 bits per heavy atom. The topological polar surface area (TPSA) is 65.6 Å². The molecule has 1 aliphatic rings. The molecule has 3 aromatic rings. The number of H-pyrrole nitrogens is 1. The maximum atomic E-state index is 12.5. The number of carbonyl (C=O) groups is 1. The Labute approximate surface area is 263 Å². The molecule has 9 heteroatoms. The first-order chi connectivity index (χ1) is 15.8. The Morgan fingerprint density at radius 2 is 1.89 bits per heavy atom. The van der Waals surface area contributed by atoms with Crippen molar-refractivity contribution in [2.24, 2.45) is 5.92 Å². The van der Waals surface area contributed by atoms with Crippen LogP contribution in [0.3, 0.4) is 0 Å². The van der Waals surface area contributed by atoms with Crippen molar-refractivity contribution >= 4 is 16.9 Å². The summed E-state index contributed by atoms with van der Waals surface area (Å²) in [5.74, 6) is -0.865. The van der Waals surface area contributed by atoms with Crippen LogP contribution in [0, 0.1) is 26.1 Å². The normalized spacial score (nSPS) is 14.0. The summed E-state index contributed by atoms with van der Waals surface area (Å²) >= 11 is 0. The van der Waals surface area contributed by atoms with Gasteiger partial charge in [-0.25, -0.2) is 18.0 Å². The van der Waals surface area contributed by atoms with E-state index in [0.29, 0.717) is 0 Å². The van der Waals surface area contributed by atoms with Crippen LogP contribution in [0.5, 0.6) is 5.75 Å². The molecule has 186 valence electrons. The molecular formula is C26H32CsF3N2O3. The van der Waals surface area contributed by atoms with Gasteiger partial charge in [-0.1, -0.05) is 12.1 Å². The number of carboxylic acid groups (broad SMARTS) is 1. The summed E-state index contributed by atoms with van der Waals surface area (Å²) < 4.78 is 43.0. The first-order valence-electron chi connectivity index (χ1n) is 10.9. The van der Waals surface area contributed by atoms with Gasteiger partial charge >= 0.3 is 74.9 Å². The largest absolute Gasteiger partial charge is 1.00 e. The number of nitrogens with one attached hydrogen (secondary N) is 1. The van der Waals surface area contributed by atoms with Gasteiger partial charge in [-0.15, -0.1) is 0 Å². The minimum absolute atomic E-state index is 0. The van der Waals surface area contributed by atoms with Crippen molar-refractivity contribution in [3.05, 3.63) is 72.5 Å². The van der Waals surface area contributed by atoms with Crippen molar-refractivity contribution in [1.29, 1.82) is 0 Å². The van der Waals surface area contributed by atoms with Crippen molar-refractivity contribution in [1.82, 2.24) is 9.88 Å². The van der Waals surface area contributed by atoms with Gasteiger partial charge in [0.25, 0.3) is 0 Å². The first-order valence-corrected chi connectivity index (χ1v) is 10.9. The number of hydrogen-bond acceptors (Lipinski definition) is 3. The Balaban J connectivity index is 0.000000435. The SMILES string of the molecule is COc1cc(C)c2[nH]ccc2c1CN1CCC(CC(F)F)CC1.O=C(O)c1ccccc1F.[CH3-].[Cs+]. The second-order valence-corrected chi connectivity index (χ2v) is 8.27. The number of piperidine rings is 1. The molecule has 4 rings (SSSR count). The van der Waals surface area contributed by atoms with E-state index in [4.69, 9.17) is 9.84 Å². The molecule has 1 fully saturated rings. The molecule has 1 aliphatic heterocycles. The fourth-order valence-electron chi connectivity index (χ4n) is 4.27. The number of carboxylic acids is 1. The molecule has 1 aromatic heterocycles. The molecular weight excluding hydrogens is 578 g/mol. The van der Waals surface area contributed by atoms with Gasteiger partial charge in [-0.05, 0) is 68.6 Å². The van der Waals surface area contributed by atoms with E-state index in [-0.39, 0.29) is 94.2 Å². The van der Waals surface area contributed by atoms with Gasteiger partial charge in [0, 0.05) is 35.6 Å². The average Bonchev–Trinajstić information content (AvgIpc) is 3.28. The molecule has 0 bridgehead atoms. The second kappa shape index (κ2) is 15.3. The van der Waals surface area contributed by atoms with Gasteiger partial charge in [0.1, 0.15) is 11.6 Å². The van der Waals surface area contributed by atoms with E-state index in [0.717, 1.165) is 49.8 Å². The van der Waals surface area contributed by atoms with Crippen LogP contribution in [-0.4, -0.2) is 47.6 Å². The zero-order chi connectivity index (χ0) is 24.0. The standard InChI is InChI=1S/C18H24F2N2O.C7H5FO2.CH3.Cs/c1-12-9-16(23-2)15(14-3-6-21-18(12)14)11-22-7-4-13(5-8-22)10-17(19)20;8-6-4-2-1-3-5(6)7(9)10;;/h3,6,9,13,17,21H,4-5,7-8,10-11H2,1-2H3;1-4H,(H,9,10);1H3;/q;;-1;+1. The van der Waals surface area contributed by atoms with Gasteiger partial charge in [-0.2, -0.15) is 0 Å². The third-order valence-electron chi connectivity index (χ3n) is 6.04. The molecule has 0 amide bonds. The number of halogens is 3. The number of hydrogen-bond donors (Lipinski definition) is 2. The molecule has 2 aromatic carbocycles. The fraction of sp³-hybridized carbons (Fsp3) is 0.385. The predicted octanol–water partition coefficient (Wildman–Crippen LogP) is 3.33. The van der Waals surface area contributed by atoms with Crippen LogP contribution in [-0.2, 0) is 6.54 Å². The van der Waals surface area contributed by atoms with Crippen molar-refractivity contribution in [2.75, 3.05) is 20.2 Å². The van der Waals surface area contributed by atoms with E-state index in [1.54, 1.807) is 7.11 Å². The monoisotopic (exact) mass is 610 g/mol. The van der Waals surface area contributed by atoms with Crippen LogP contribution in [0.1, 0.15) is 40.7 Å². The summed E-state index contributed by atoms with van der Waals surface area (Å²) in [5, 5.41) is 9.52. The summed E-state index contributed by atoms with van der Waals surface area (Å²) in [7, 11) is 1.70. The molecule has 0 aliphatic carbocycles. The number of ether oxygens (including phenoxy) is 1. The molecule has 2 heterocycles. The van der Waals surface area contributed by atoms with Crippen LogP contribution in [0.4, 0.5) is 13.2 Å². The van der Waals surface area contributed by atoms with Crippen LogP contribution in [0.25, 0.3) is 10.9 Å². The molecule has 1 saturated heterocycles. The summed E-state index contributed by atoms with van der Waals surface area (Å²) in [4.78, 5) is 15.8.